The molecule has 110 valence electrons. The van der Waals surface area contributed by atoms with Gasteiger partial charge in [-0.2, -0.15) is 5.26 Å². The first-order chi connectivity index (χ1) is 10.5. The summed E-state index contributed by atoms with van der Waals surface area (Å²) in [6.07, 6.45) is 1.51. The van der Waals surface area contributed by atoms with Crippen molar-refractivity contribution >= 4 is 56.8 Å². The summed E-state index contributed by atoms with van der Waals surface area (Å²) in [5, 5.41) is 12.6. The summed E-state index contributed by atoms with van der Waals surface area (Å²) in [5.41, 5.74) is 1.14. The highest BCUT2D eigenvalue weighted by Gasteiger charge is 2.11. The second-order valence-corrected chi connectivity index (χ2v) is 6.03. The zero-order valence-corrected chi connectivity index (χ0v) is 14.2. The third kappa shape index (κ3) is 4.35. The molecule has 0 saturated heterocycles. The van der Waals surface area contributed by atoms with Crippen molar-refractivity contribution in [3.63, 3.8) is 0 Å². The largest absolute Gasteiger partial charge is 0.321 e. The minimum atomic E-state index is -0.531. The molecule has 6 heteroatoms. The van der Waals surface area contributed by atoms with E-state index in [1.807, 2.05) is 24.3 Å². The summed E-state index contributed by atoms with van der Waals surface area (Å²) < 4.78 is 0.793. The van der Waals surface area contributed by atoms with Crippen LogP contribution < -0.4 is 5.32 Å². The third-order valence-electron chi connectivity index (χ3n) is 2.69. The Balaban J connectivity index is 2.26. The first-order valence-corrected chi connectivity index (χ1v) is 7.68. The number of rotatable bonds is 3. The molecule has 0 aliphatic carbocycles. The number of amides is 1. The normalized spacial score (nSPS) is 10.9. The molecule has 0 aromatic heterocycles. The van der Waals surface area contributed by atoms with Crippen LogP contribution in [0.1, 0.15) is 5.56 Å². The summed E-state index contributed by atoms with van der Waals surface area (Å²) in [6.45, 7) is 0. The minimum absolute atomic E-state index is 0.0250. The van der Waals surface area contributed by atoms with Gasteiger partial charge in [-0.05, 0) is 35.9 Å². The van der Waals surface area contributed by atoms with Crippen molar-refractivity contribution in [2.24, 2.45) is 0 Å². The smallest absolute Gasteiger partial charge is 0.266 e. The van der Waals surface area contributed by atoms with Crippen LogP contribution in [0.3, 0.4) is 0 Å². The van der Waals surface area contributed by atoms with Gasteiger partial charge in [0.2, 0.25) is 0 Å². The molecule has 0 aliphatic heterocycles. The lowest BCUT2D eigenvalue weighted by molar-refractivity contribution is -0.112. The van der Waals surface area contributed by atoms with E-state index in [-0.39, 0.29) is 5.57 Å². The van der Waals surface area contributed by atoms with Crippen LogP contribution in [0.25, 0.3) is 6.08 Å². The maximum absolute atomic E-state index is 12.2. The van der Waals surface area contributed by atoms with Crippen molar-refractivity contribution < 1.29 is 4.79 Å². The summed E-state index contributed by atoms with van der Waals surface area (Å²) in [4.78, 5) is 12.2. The Kier molecular flexibility index (Phi) is 5.62. The number of nitrogens with one attached hydrogen (secondary N) is 1. The quantitative estimate of drug-likeness (QED) is 0.566. The number of hydrogen-bond acceptors (Lipinski definition) is 2. The molecule has 1 N–H and O–H groups in total. The van der Waals surface area contributed by atoms with Gasteiger partial charge < -0.3 is 5.32 Å². The zero-order valence-electron chi connectivity index (χ0n) is 11.1. The van der Waals surface area contributed by atoms with Gasteiger partial charge in [0.1, 0.15) is 11.6 Å². The van der Waals surface area contributed by atoms with E-state index in [1.54, 1.807) is 24.3 Å². The van der Waals surface area contributed by atoms with E-state index < -0.39 is 5.91 Å². The Morgan fingerprint density at radius 2 is 1.82 bits per heavy atom. The van der Waals surface area contributed by atoms with Gasteiger partial charge in [0.25, 0.3) is 5.91 Å². The van der Waals surface area contributed by atoms with Crippen molar-refractivity contribution in [2.75, 3.05) is 5.32 Å². The molecule has 3 nitrogen and oxygen atoms in total. The SMILES string of the molecule is N#C/C(=C\c1ccccc1Br)C(=O)Nc1cc(Cl)cc(Cl)c1. The highest BCUT2D eigenvalue weighted by molar-refractivity contribution is 9.10. The fraction of sp³-hybridized carbons (Fsp3) is 0. The number of carbonyl (C=O) groups excluding carboxylic acids is 1. The Hall–Kier alpha value is -1.80. The van der Waals surface area contributed by atoms with E-state index in [4.69, 9.17) is 23.2 Å². The van der Waals surface area contributed by atoms with Gasteiger partial charge in [-0.25, -0.2) is 0 Å². The predicted molar refractivity (Wildman–Crippen MR) is 92.8 cm³/mol. The molecule has 0 unspecified atom stereocenters. The van der Waals surface area contributed by atoms with Crippen LogP contribution in [0.15, 0.2) is 52.5 Å². The summed E-state index contributed by atoms with van der Waals surface area (Å²) >= 11 is 15.1. The van der Waals surface area contributed by atoms with E-state index in [0.717, 1.165) is 10.0 Å². The van der Waals surface area contributed by atoms with Crippen LogP contribution in [0.5, 0.6) is 0 Å². The molecule has 0 saturated carbocycles. The van der Waals surface area contributed by atoms with Crippen molar-refractivity contribution in [1.29, 1.82) is 5.26 Å². The number of anilines is 1. The lowest BCUT2D eigenvalue weighted by Crippen LogP contribution is -2.13. The number of nitrogens with zero attached hydrogens (tertiary/aromatic N) is 1. The lowest BCUT2D eigenvalue weighted by atomic mass is 10.1. The maximum Gasteiger partial charge on any atom is 0.266 e. The summed E-state index contributed by atoms with van der Waals surface area (Å²) in [6, 6.07) is 13.8. The number of benzene rings is 2. The monoisotopic (exact) mass is 394 g/mol. The van der Waals surface area contributed by atoms with Crippen LogP contribution in [0, 0.1) is 11.3 Å². The van der Waals surface area contributed by atoms with E-state index in [0.29, 0.717) is 15.7 Å². The van der Waals surface area contributed by atoms with E-state index in [9.17, 15) is 10.1 Å². The molecule has 0 fully saturated rings. The first kappa shape index (κ1) is 16.6. The van der Waals surface area contributed by atoms with Gasteiger partial charge in [-0.15, -0.1) is 0 Å². The van der Waals surface area contributed by atoms with Crippen LogP contribution in [-0.2, 0) is 4.79 Å². The number of nitriles is 1. The highest BCUT2D eigenvalue weighted by Crippen LogP contribution is 2.23. The molecular weight excluding hydrogens is 387 g/mol. The van der Waals surface area contributed by atoms with Crippen molar-refractivity contribution in [3.8, 4) is 6.07 Å². The van der Waals surface area contributed by atoms with Crippen LogP contribution in [0.2, 0.25) is 10.0 Å². The summed E-state index contributed by atoms with van der Waals surface area (Å²) in [7, 11) is 0. The van der Waals surface area contributed by atoms with Crippen LogP contribution in [0.4, 0.5) is 5.69 Å². The molecule has 1 amide bonds. The van der Waals surface area contributed by atoms with Gasteiger partial charge in [0.15, 0.2) is 0 Å². The predicted octanol–water partition coefficient (Wildman–Crippen LogP) is 5.30. The van der Waals surface area contributed by atoms with Crippen LogP contribution >= 0.6 is 39.1 Å². The fourth-order valence-electron chi connectivity index (χ4n) is 1.72. The molecule has 0 aliphatic rings. The maximum atomic E-state index is 12.2. The number of hydrogen-bond donors (Lipinski definition) is 1. The molecule has 2 rings (SSSR count). The Morgan fingerprint density at radius 1 is 1.18 bits per heavy atom. The number of halogens is 3. The van der Waals surface area contributed by atoms with Gasteiger partial charge in [0, 0.05) is 20.2 Å². The van der Waals surface area contributed by atoms with Crippen molar-refractivity contribution in [3.05, 3.63) is 68.1 Å². The van der Waals surface area contributed by atoms with E-state index in [2.05, 4.69) is 21.2 Å². The van der Waals surface area contributed by atoms with Gasteiger partial charge in [-0.3, -0.25) is 4.79 Å². The molecule has 0 heterocycles. The fourth-order valence-corrected chi connectivity index (χ4v) is 2.65. The second kappa shape index (κ2) is 7.46. The van der Waals surface area contributed by atoms with E-state index in [1.165, 1.54) is 6.08 Å². The standard InChI is InChI=1S/C16H9BrCl2N2O/c17-15-4-2-1-3-10(15)5-11(9-20)16(22)21-14-7-12(18)6-13(19)8-14/h1-8H,(H,21,22)/b11-5+. The molecular formula is C16H9BrCl2N2O. The van der Waals surface area contributed by atoms with Crippen molar-refractivity contribution in [2.45, 2.75) is 0 Å². The summed E-state index contributed by atoms with van der Waals surface area (Å²) in [5.74, 6) is -0.531. The molecule has 2 aromatic rings. The molecule has 2 aromatic carbocycles. The van der Waals surface area contributed by atoms with Gasteiger partial charge in [0.05, 0.1) is 0 Å². The molecule has 22 heavy (non-hydrogen) atoms. The average molecular weight is 396 g/mol. The third-order valence-corrected chi connectivity index (χ3v) is 3.85. The minimum Gasteiger partial charge on any atom is -0.321 e. The highest BCUT2D eigenvalue weighted by atomic mass is 79.9. The first-order valence-electron chi connectivity index (χ1n) is 6.13. The Morgan fingerprint density at radius 3 is 2.41 bits per heavy atom. The Labute approximate surface area is 146 Å². The lowest BCUT2D eigenvalue weighted by Gasteiger charge is -2.06. The molecule has 0 spiro atoms. The number of carbonyl (C=O) groups is 1. The van der Waals surface area contributed by atoms with Crippen molar-refractivity contribution in [1.82, 2.24) is 0 Å². The molecule has 0 radical (unpaired) electrons. The topological polar surface area (TPSA) is 52.9 Å². The Bertz CT molecular complexity index is 777. The van der Waals surface area contributed by atoms with Gasteiger partial charge >= 0.3 is 0 Å². The van der Waals surface area contributed by atoms with Crippen LogP contribution in [-0.4, -0.2) is 5.91 Å². The molecule has 0 atom stereocenters. The average Bonchev–Trinajstić information content (AvgIpc) is 2.45. The molecule has 0 bridgehead atoms. The second-order valence-electron chi connectivity index (χ2n) is 4.30. The van der Waals surface area contributed by atoms with Gasteiger partial charge in [-0.1, -0.05) is 57.3 Å². The zero-order chi connectivity index (χ0) is 16.1. The van der Waals surface area contributed by atoms with E-state index >= 15 is 0 Å².